The van der Waals surface area contributed by atoms with E-state index < -0.39 is 18.1 Å². The third-order valence-electron chi connectivity index (χ3n) is 6.12. The lowest BCUT2D eigenvalue weighted by molar-refractivity contribution is -0.274. The molecule has 0 unspecified atom stereocenters. The third kappa shape index (κ3) is 6.25. The number of benzene rings is 1. The second kappa shape index (κ2) is 9.43. The van der Waals surface area contributed by atoms with Gasteiger partial charge < -0.3 is 25.2 Å². The van der Waals surface area contributed by atoms with Crippen LogP contribution in [0.1, 0.15) is 56.4 Å². The summed E-state index contributed by atoms with van der Waals surface area (Å²) >= 11 is 0. The van der Waals surface area contributed by atoms with E-state index in [9.17, 15) is 23.1 Å². The van der Waals surface area contributed by atoms with Gasteiger partial charge in [-0.2, -0.15) is 0 Å². The Labute approximate surface area is 174 Å². The van der Waals surface area contributed by atoms with Crippen LogP contribution in [0.2, 0.25) is 0 Å². The summed E-state index contributed by atoms with van der Waals surface area (Å²) in [6.45, 7) is 1.82. The fourth-order valence-corrected chi connectivity index (χ4v) is 4.66. The van der Waals surface area contributed by atoms with Crippen LogP contribution in [0.3, 0.4) is 0 Å². The number of piperidine rings is 1. The van der Waals surface area contributed by atoms with Crippen LogP contribution in [-0.2, 0) is 4.74 Å². The van der Waals surface area contributed by atoms with E-state index in [4.69, 9.17) is 10.5 Å². The first-order chi connectivity index (χ1) is 14.1. The number of ether oxygens (including phenoxy) is 2. The van der Waals surface area contributed by atoms with Gasteiger partial charge >= 0.3 is 12.5 Å². The van der Waals surface area contributed by atoms with Gasteiger partial charge in [0.1, 0.15) is 11.9 Å². The van der Waals surface area contributed by atoms with Crippen molar-refractivity contribution >= 4 is 6.09 Å². The molecule has 0 bridgehead atoms. The SMILES string of the molecule is NC(=O)OC1CCN(C[C@@H](c2cccc(OC(F)(F)F)c2)C2(O)CCCCC2)CC1. The Morgan fingerprint density at radius 3 is 2.50 bits per heavy atom. The molecule has 2 aliphatic rings. The van der Waals surface area contributed by atoms with Crippen LogP contribution >= 0.6 is 0 Å². The molecular formula is C21H29F3N2O4. The van der Waals surface area contributed by atoms with E-state index in [1.807, 2.05) is 0 Å². The van der Waals surface area contributed by atoms with Crippen molar-refractivity contribution in [1.29, 1.82) is 0 Å². The highest BCUT2D eigenvalue weighted by Gasteiger charge is 2.40. The van der Waals surface area contributed by atoms with Gasteiger partial charge in [0.25, 0.3) is 0 Å². The predicted octanol–water partition coefficient (Wildman–Crippen LogP) is 3.92. The summed E-state index contributed by atoms with van der Waals surface area (Å²) in [7, 11) is 0. The maximum absolute atomic E-state index is 12.7. The van der Waals surface area contributed by atoms with Crippen LogP contribution < -0.4 is 10.5 Å². The van der Waals surface area contributed by atoms with Crippen molar-refractivity contribution < 1.29 is 32.5 Å². The van der Waals surface area contributed by atoms with Crippen molar-refractivity contribution in [3.05, 3.63) is 29.8 Å². The number of nitrogens with zero attached hydrogens (tertiary/aromatic N) is 1. The largest absolute Gasteiger partial charge is 0.573 e. The smallest absolute Gasteiger partial charge is 0.446 e. The molecule has 1 saturated heterocycles. The molecule has 1 saturated carbocycles. The number of aliphatic hydroxyl groups is 1. The molecule has 30 heavy (non-hydrogen) atoms. The van der Waals surface area contributed by atoms with E-state index in [1.54, 1.807) is 6.07 Å². The topological polar surface area (TPSA) is 85.0 Å². The molecule has 168 valence electrons. The lowest BCUT2D eigenvalue weighted by Crippen LogP contribution is -2.47. The maximum Gasteiger partial charge on any atom is 0.573 e. The zero-order chi connectivity index (χ0) is 21.8. The number of nitrogens with two attached hydrogens (primary N) is 1. The van der Waals surface area contributed by atoms with Gasteiger partial charge in [-0.1, -0.05) is 31.4 Å². The summed E-state index contributed by atoms with van der Waals surface area (Å²) in [5.74, 6) is -0.624. The summed E-state index contributed by atoms with van der Waals surface area (Å²) < 4.78 is 47.2. The molecule has 1 aromatic carbocycles. The maximum atomic E-state index is 12.7. The average Bonchev–Trinajstić information content (AvgIpc) is 2.66. The first-order valence-electron chi connectivity index (χ1n) is 10.4. The number of carbonyl (C=O) groups is 1. The number of likely N-dealkylation sites (tertiary alicyclic amines) is 1. The molecule has 6 nitrogen and oxygen atoms in total. The van der Waals surface area contributed by atoms with Crippen molar-refractivity contribution in [3.63, 3.8) is 0 Å². The van der Waals surface area contributed by atoms with Crippen LogP contribution in [0, 0.1) is 0 Å². The Bertz CT molecular complexity index is 714. The van der Waals surface area contributed by atoms with E-state index >= 15 is 0 Å². The number of rotatable bonds is 6. The molecule has 1 atom stereocenters. The quantitative estimate of drug-likeness (QED) is 0.715. The van der Waals surface area contributed by atoms with Crippen molar-refractivity contribution in [2.75, 3.05) is 19.6 Å². The van der Waals surface area contributed by atoms with Crippen molar-refractivity contribution in [3.8, 4) is 5.75 Å². The Kier molecular flexibility index (Phi) is 7.13. The molecule has 0 spiro atoms. The predicted molar refractivity (Wildman–Crippen MR) is 104 cm³/mol. The van der Waals surface area contributed by atoms with Gasteiger partial charge in [-0.3, -0.25) is 0 Å². The minimum Gasteiger partial charge on any atom is -0.446 e. The first kappa shape index (κ1) is 22.7. The molecule has 9 heteroatoms. The highest BCUT2D eigenvalue weighted by Crippen LogP contribution is 2.41. The van der Waals surface area contributed by atoms with Crippen LogP contribution in [0.4, 0.5) is 18.0 Å². The van der Waals surface area contributed by atoms with Crippen molar-refractivity contribution in [2.45, 2.75) is 68.9 Å². The number of halogens is 3. The lowest BCUT2D eigenvalue weighted by Gasteiger charge is -2.43. The third-order valence-corrected chi connectivity index (χ3v) is 6.12. The monoisotopic (exact) mass is 430 g/mol. The minimum atomic E-state index is -4.77. The van der Waals surface area contributed by atoms with Gasteiger partial charge in [0, 0.05) is 25.6 Å². The number of alkyl halides is 3. The van der Waals surface area contributed by atoms with E-state index in [1.165, 1.54) is 18.2 Å². The summed E-state index contributed by atoms with van der Waals surface area (Å²) in [5, 5.41) is 11.4. The van der Waals surface area contributed by atoms with E-state index in [-0.39, 0.29) is 17.8 Å². The second-order valence-electron chi connectivity index (χ2n) is 8.27. The average molecular weight is 430 g/mol. The molecule has 3 N–H and O–H groups in total. The first-order valence-corrected chi connectivity index (χ1v) is 10.4. The van der Waals surface area contributed by atoms with Gasteiger partial charge in [0.05, 0.1) is 5.60 Å². The molecule has 1 amide bonds. The van der Waals surface area contributed by atoms with Crippen molar-refractivity contribution in [1.82, 2.24) is 4.90 Å². The summed E-state index contributed by atoms with van der Waals surface area (Å²) in [4.78, 5) is 13.1. The zero-order valence-electron chi connectivity index (χ0n) is 16.9. The number of primary amides is 1. The van der Waals surface area contributed by atoms with Crippen LogP contribution in [-0.4, -0.2) is 53.8 Å². The normalized spacial score (nSPS) is 21.7. The highest BCUT2D eigenvalue weighted by atomic mass is 19.4. The second-order valence-corrected chi connectivity index (χ2v) is 8.27. The minimum absolute atomic E-state index is 0.224. The standard InChI is InChI=1S/C21H29F3N2O4/c22-21(23,24)30-17-6-4-5-15(13-17)18(20(28)9-2-1-3-10-20)14-26-11-7-16(8-12-26)29-19(25)27/h4-6,13,16,18,28H,1-3,7-12,14H2,(H2,25,27)/t18-/m0/s1. The van der Waals surface area contributed by atoms with E-state index in [2.05, 4.69) is 9.64 Å². The van der Waals surface area contributed by atoms with Gasteiger partial charge in [-0.15, -0.1) is 13.2 Å². The fourth-order valence-electron chi connectivity index (χ4n) is 4.66. The van der Waals surface area contributed by atoms with Gasteiger partial charge in [-0.05, 0) is 43.4 Å². The van der Waals surface area contributed by atoms with Gasteiger partial charge in [0.2, 0.25) is 0 Å². The van der Waals surface area contributed by atoms with Gasteiger partial charge in [0.15, 0.2) is 0 Å². The van der Waals surface area contributed by atoms with E-state index in [0.29, 0.717) is 50.9 Å². The Morgan fingerprint density at radius 1 is 1.23 bits per heavy atom. The molecule has 1 aliphatic carbocycles. The molecular weight excluding hydrogens is 401 g/mol. The summed E-state index contributed by atoms with van der Waals surface area (Å²) in [5.41, 5.74) is 4.75. The molecule has 3 rings (SSSR count). The number of carbonyl (C=O) groups excluding carboxylic acids is 1. The molecule has 2 fully saturated rings. The van der Waals surface area contributed by atoms with Crippen LogP contribution in [0.25, 0.3) is 0 Å². The van der Waals surface area contributed by atoms with Crippen LogP contribution in [0.15, 0.2) is 24.3 Å². The molecule has 1 aromatic rings. The molecule has 1 heterocycles. The zero-order valence-corrected chi connectivity index (χ0v) is 16.9. The molecule has 1 aliphatic heterocycles. The van der Waals surface area contributed by atoms with E-state index in [0.717, 1.165) is 19.3 Å². The molecule has 0 aromatic heterocycles. The lowest BCUT2D eigenvalue weighted by atomic mass is 9.72. The highest BCUT2D eigenvalue weighted by molar-refractivity contribution is 5.64. The van der Waals surface area contributed by atoms with Gasteiger partial charge in [-0.25, -0.2) is 4.79 Å². The van der Waals surface area contributed by atoms with Crippen molar-refractivity contribution in [2.24, 2.45) is 5.73 Å². The summed E-state index contributed by atoms with van der Waals surface area (Å²) in [6, 6.07) is 5.94. The number of amides is 1. The Hall–Kier alpha value is -2.00. The molecule has 0 radical (unpaired) electrons. The van der Waals surface area contributed by atoms with Crippen LogP contribution in [0.5, 0.6) is 5.75 Å². The fraction of sp³-hybridized carbons (Fsp3) is 0.667. The number of hydrogen-bond donors (Lipinski definition) is 2. The Morgan fingerprint density at radius 2 is 1.90 bits per heavy atom. The Balaban J connectivity index is 1.77. The number of hydrogen-bond acceptors (Lipinski definition) is 5. The summed E-state index contributed by atoms with van der Waals surface area (Å²) in [6.07, 6.45) is -0.466.